The van der Waals surface area contributed by atoms with Crippen molar-refractivity contribution in [3.05, 3.63) is 0 Å². The second kappa shape index (κ2) is 9.86. The molecule has 0 fully saturated rings. The van der Waals surface area contributed by atoms with E-state index in [-0.39, 0.29) is 5.91 Å². The van der Waals surface area contributed by atoms with Crippen LogP contribution in [0.5, 0.6) is 0 Å². The molecule has 1 amide bonds. The molecule has 0 aromatic rings. The van der Waals surface area contributed by atoms with E-state index in [2.05, 4.69) is 11.4 Å². The largest absolute Gasteiger partial charge is 0.379 e. The summed E-state index contributed by atoms with van der Waals surface area (Å²) in [6.45, 7) is 9.09. The van der Waals surface area contributed by atoms with Crippen molar-refractivity contribution in [3.63, 3.8) is 0 Å². The molecule has 0 aromatic carbocycles. The quantitative estimate of drug-likeness (QED) is 0.634. The summed E-state index contributed by atoms with van der Waals surface area (Å²) >= 11 is 0. The van der Waals surface area contributed by atoms with Crippen molar-refractivity contribution >= 4 is 5.91 Å². The Bertz CT molecular complexity index is 274. The van der Waals surface area contributed by atoms with Gasteiger partial charge in [-0.2, -0.15) is 5.26 Å². The first-order valence-corrected chi connectivity index (χ1v) is 6.40. The standard InChI is InChI=1S/C13H24N2O3/c1-5-17-6-7-18-11(4)13(16)15-12(9-14)8-10(2)3/h10-12H,5-8H2,1-4H3,(H,15,16)/t11-,12+/m0/s1. The minimum atomic E-state index is -0.562. The third-order valence-electron chi connectivity index (χ3n) is 2.35. The fraction of sp³-hybridized carbons (Fsp3) is 0.846. The second-order valence-electron chi connectivity index (χ2n) is 4.53. The van der Waals surface area contributed by atoms with Gasteiger partial charge in [0.25, 0.3) is 0 Å². The van der Waals surface area contributed by atoms with E-state index in [4.69, 9.17) is 14.7 Å². The highest BCUT2D eigenvalue weighted by atomic mass is 16.5. The van der Waals surface area contributed by atoms with E-state index in [1.54, 1.807) is 6.92 Å². The highest BCUT2D eigenvalue weighted by Crippen LogP contribution is 2.04. The number of carbonyl (C=O) groups excluding carboxylic acids is 1. The van der Waals surface area contributed by atoms with Crippen LogP contribution in [-0.4, -0.2) is 37.9 Å². The molecule has 0 spiro atoms. The third kappa shape index (κ3) is 8.04. The predicted molar refractivity (Wildman–Crippen MR) is 68.9 cm³/mol. The van der Waals surface area contributed by atoms with Crippen LogP contribution in [0.25, 0.3) is 0 Å². The summed E-state index contributed by atoms with van der Waals surface area (Å²) in [5.41, 5.74) is 0. The molecule has 0 bridgehead atoms. The van der Waals surface area contributed by atoms with Crippen LogP contribution in [0.15, 0.2) is 0 Å². The summed E-state index contributed by atoms with van der Waals surface area (Å²) in [5, 5.41) is 11.6. The van der Waals surface area contributed by atoms with Gasteiger partial charge in [-0.05, 0) is 26.2 Å². The molecule has 0 rings (SSSR count). The van der Waals surface area contributed by atoms with E-state index in [1.807, 2.05) is 20.8 Å². The Morgan fingerprint density at radius 3 is 2.50 bits per heavy atom. The molecule has 0 unspecified atom stereocenters. The van der Waals surface area contributed by atoms with Gasteiger partial charge in [0.15, 0.2) is 0 Å². The lowest BCUT2D eigenvalue weighted by Gasteiger charge is -2.17. The number of nitrogens with one attached hydrogen (secondary N) is 1. The predicted octanol–water partition coefficient (Wildman–Crippen LogP) is 1.48. The summed E-state index contributed by atoms with van der Waals surface area (Å²) in [6, 6.07) is 1.63. The first kappa shape index (κ1) is 16.9. The average Bonchev–Trinajstić information content (AvgIpc) is 2.32. The summed E-state index contributed by atoms with van der Waals surface area (Å²) in [6.07, 6.45) is 0.0851. The molecule has 1 N–H and O–H groups in total. The van der Waals surface area contributed by atoms with Gasteiger partial charge in [0.2, 0.25) is 5.91 Å². The number of nitrogens with zero attached hydrogens (tertiary/aromatic N) is 1. The molecule has 0 aliphatic carbocycles. The Morgan fingerprint density at radius 2 is 2.00 bits per heavy atom. The van der Waals surface area contributed by atoms with Crippen LogP contribution < -0.4 is 5.32 Å². The maximum absolute atomic E-state index is 11.7. The SMILES string of the molecule is CCOCCO[C@@H](C)C(=O)N[C@@H](C#N)CC(C)C. The van der Waals surface area contributed by atoms with Crippen LogP contribution in [0.4, 0.5) is 0 Å². The Kier molecular flexibility index (Phi) is 9.25. The number of hydrogen-bond acceptors (Lipinski definition) is 4. The first-order valence-electron chi connectivity index (χ1n) is 6.40. The molecule has 18 heavy (non-hydrogen) atoms. The van der Waals surface area contributed by atoms with E-state index in [0.29, 0.717) is 32.2 Å². The second-order valence-corrected chi connectivity index (χ2v) is 4.53. The summed E-state index contributed by atoms with van der Waals surface area (Å²) in [4.78, 5) is 11.7. The monoisotopic (exact) mass is 256 g/mol. The van der Waals surface area contributed by atoms with Gasteiger partial charge < -0.3 is 14.8 Å². The van der Waals surface area contributed by atoms with Gasteiger partial charge in [-0.3, -0.25) is 4.79 Å². The number of amides is 1. The molecular formula is C13H24N2O3. The zero-order chi connectivity index (χ0) is 14.0. The highest BCUT2D eigenvalue weighted by Gasteiger charge is 2.18. The topological polar surface area (TPSA) is 71.3 Å². The molecule has 2 atom stereocenters. The molecule has 0 aliphatic heterocycles. The van der Waals surface area contributed by atoms with Crippen LogP contribution in [0.3, 0.4) is 0 Å². The van der Waals surface area contributed by atoms with Gasteiger partial charge >= 0.3 is 0 Å². The molecule has 5 heteroatoms. The molecule has 0 aliphatic rings. The molecule has 5 nitrogen and oxygen atoms in total. The lowest BCUT2D eigenvalue weighted by molar-refractivity contribution is -0.133. The van der Waals surface area contributed by atoms with Crippen LogP contribution in [0.1, 0.15) is 34.1 Å². The molecule has 0 heterocycles. The van der Waals surface area contributed by atoms with Gasteiger partial charge in [-0.25, -0.2) is 0 Å². The molecule has 0 saturated carbocycles. The van der Waals surface area contributed by atoms with E-state index >= 15 is 0 Å². The van der Waals surface area contributed by atoms with Gasteiger partial charge in [0.1, 0.15) is 12.1 Å². The van der Waals surface area contributed by atoms with Crippen molar-refractivity contribution in [3.8, 4) is 6.07 Å². The average molecular weight is 256 g/mol. The number of nitriles is 1. The van der Waals surface area contributed by atoms with Gasteiger partial charge in [-0.15, -0.1) is 0 Å². The fourth-order valence-corrected chi connectivity index (χ4v) is 1.41. The zero-order valence-electron chi connectivity index (χ0n) is 11.7. The third-order valence-corrected chi connectivity index (χ3v) is 2.35. The van der Waals surface area contributed by atoms with Crippen molar-refractivity contribution in [2.45, 2.75) is 46.3 Å². The first-order chi connectivity index (χ1) is 8.51. The molecule has 104 valence electrons. The van der Waals surface area contributed by atoms with Crippen LogP contribution in [0, 0.1) is 17.2 Å². The maximum atomic E-state index is 11.7. The van der Waals surface area contributed by atoms with Crippen LogP contribution >= 0.6 is 0 Å². The Labute approximate surface area is 109 Å². The van der Waals surface area contributed by atoms with Crippen LogP contribution in [-0.2, 0) is 14.3 Å². The van der Waals surface area contributed by atoms with Crippen molar-refractivity contribution in [1.29, 1.82) is 5.26 Å². The van der Waals surface area contributed by atoms with Crippen molar-refractivity contribution in [2.75, 3.05) is 19.8 Å². The normalized spacial score (nSPS) is 14.0. The van der Waals surface area contributed by atoms with E-state index < -0.39 is 12.1 Å². The maximum Gasteiger partial charge on any atom is 0.249 e. The smallest absolute Gasteiger partial charge is 0.249 e. The Hall–Kier alpha value is -1.12. The number of ether oxygens (including phenoxy) is 2. The molecule has 0 saturated heterocycles. The zero-order valence-corrected chi connectivity index (χ0v) is 11.7. The van der Waals surface area contributed by atoms with Gasteiger partial charge in [0, 0.05) is 6.61 Å². The summed E-state index contributed by atoms with van der Waals surface area (Å²) in [5.74, 6) is 0.114. The van der Waals surface area contributed by atoms with E-state index in [0.717, 1.165) is 0 Å². The van der Waals surface area contributed by atoms with E-state index in [9.17, 15) is 4.79 Å². The highest BCUT2D eigenvalue weighted by molar-refractivity contribution is 5.80. The number of rotatable bonds is 9. The summed E-state index contributed by atoms with van der Waals surface area (Å²) in [7, 11) is 0. The molecule has 0 radical (unpaired) electrons. The summed E-state index contributed by atoms with van der Waals surface area (Å²) < 4.78 is 10.4. The Balaban J connectivity index is 3.94. The van der Waals surface area contributed by atoms with Crippen molar-refractivity contribution in [2.24, 2.45) is 5.92 Å². The van der Waals surface area contributed by atoms with Crippen molar-refractivity contribution in [1.82, 2.24) is 5.32 Å². The van der Waals surface area contributed by atoms with Crippen molar-refractivity contribution < 1.29 is 14.3 Å². The molecular weight excluding hydrogens is 232 g/mol. The van der Waals surface area contributed by atoms with Gasteiger partial charge in [-0.1, -0.05) is 13.8 Å². The number of hydrogen-bond donors (Lipinski definition) is 1. The fourth-order valence-electron chi connectivity index (χ4n) is 1.41. The lowest BCUT2D eigenvalue weighted by Crippen LogP contribution is -2.41. The van der Waals surface area contributed by atoms with Gasteiger partial charge in [0.05, 0.1) is 19.3 Å². The minimum absolute atomic E-state index is 0.251. The van der Waals surface area contributed by atoms with Crippen LogP contribution in [0.2, 0.25) is 0 Å². The number of carbonyl (C=O) groups is 1. The molecule has 0 aromatic heterocycles. The Morgan fingerprint density at radius 1 is 1.33 bits per heavy atom. The van der Waals surface area contributed by atoms with E-state index in [1.165, 1.54) is 0 Å². The lowest BCUT2D eigenvalue weighted by atomic mass is 10.0. The minimum Gasteiger partial charge on any atom is -0.379 e.